The summed E-state index contributed by atoms with van der Waals surface area (Å²) in [5.74, 6) is 0.0928. The third-order valence-electron chi connectivity index (χ3n) is 3.52. The number of rotatable bonds is 9. The SMILES string of the molecule is CCCCCN(CCCCC)C(=O)c1cc(N)cc(Br)c1. The van der Waals surface area contributed by atoms with Crippen molar-refractivity contribution in [3.8, 4) is 0 Å². The summed E-state index contributed by atoms with van der Waals surface area (Å²) in [6, 6.07) is 5.43. The van der Waals surface area contributed by atoms with Gasteiger partial charge in [0.05, 0.1) is 0 Å². The number of hydrogen-bond acceptors (Lipinski definition) is 2. The zero-order chi connectivity index (χ0) is 15.7. The number of unbranched alkanes of at least 4 members (excludes halogenated alkanes) is 4. The Morgan fingerprint density at radius 3 is 2.10 bits per heavy atom. The molecule has 0 saturated carbocycles. The number of nitrogen functional groups attached to an aromatic ring is 1. The number of nitrogens with zero attached hydrogens (tertiary/aromatic N) is 1. The molecule has 0 bridgehead atoms. The first-order valence-electron chi connectivity index (χ1n) is 7.93. The zero-order valence-corrected chi connectivity index (χ0v) is 14.8. The van der Waals surface area contributed by atoms with Gasteiger partial charge in [-0.15, -0.1) is 0 Å². The average Bonchev–Trinajstić information content (AvgIpc) is 2.44. The van der Waals surface area contributed by atoms with Crippen LogP contribution in [0.4, 0.5) is 5.69 Å². The number of halogens is 1. The van der Waals surface area contributed by atoms with Crippen molar-refractivity contribution in [2.75, 3.05) is 18.8 Å². The molecule has 4 heteroatoms. The minimum absolute atomic E-state index is 0.0928. The third-order valence-corrected chi connectivity index (χ3v) is 3.98. The summed E-state index contributed by atoms with van der Waals surface area (Å²) >= 11 is 3.41. The van der Waals surface area contributed by atoms with Crippen molar-refractivity contribution in [2.45, 2.75) is 52.4 Å². The van der Waals surface area contributed by atoms with E-state index in [4.69, 9.17) is 5.73 Å². The Bertz CT molecular complexity index is 418. The van der Waals surface area contributed by atoms with Crippen molar-refractivity contribution in [1.82, 2.24) is 4.90 Å². The lowest BCUT2D eigenvalue weighted by Crippen LogP contribution is -2.33. The Kier molecular flexibility index (Phi) is 8.43. The second-order valence-corrected chi connectivity index (χ2v) is 6.40. The molecule has 0 atom stereocenters. The van der Waals surface area contributed by atoms with E-state index >= 15 is 0 Å². The lowest BCUT2D eigenvalue weighted by Gasteiger charge is -2.23. The van der Waals surface area contributed by atoms with Gasteiger partial charge in [0.1, 0.15) is 0 Å². The van der Waals surface area contributed by atoms with E-state index in [1.54, 1.807) is 6.07 Å². The fourth-order valence-corrected chi connectivity index (χ4v) is 2.85. The quantitative estimate of drug-likeness (QED) is 0.508. The summed E-state index contributed by atoms with van der Waals surface area (Å²) in [7, 11) is 0. The molecule has 0 fully saturated rings. The molecule has 0 heterocycles. The minimum Gasteiger partial charge on any atom is -0.399 e. The lowest BCUT2D eigenvalue weighted by atomic mass is 10.1. The van der Waals surface area contributed by atoms with Crippen LogP contribution in [0.3, 0.4) is 0 Å². The molecule has 3 nitrogen and oxygen atoms in total. The van der Waals surface area contributed by atoms with E-state index in [0.717, 1.165) is 43.2 Å². The van der Waals surface area contributed by atoms with Crippen molar-refractivity contribution >= 4 is 27.5 Å². The molecule has 118 valence electrons. The van der Waals surface area contributed by atoms with Crippen molar-refractivity contribution < 1.29 is 4.79 Å². The van der Waals surface area contributed by atoms with Gasteiger partial charge in [-0.25, -0.2) is 0 Å². The number of carbonyl (C=O) groups is 1. The lowest BCUT2D eigenvalue weighted by molar-refractivity contribution is 0.0749. The maximum Gasteiger partial charge on any atom is 0.253 e. The van der Waals surface area contributed by atoms with Crippen molar-refractivity contribution in [2.24, 2.45) is 0 Å². The largest absolute Gasteiger partial charge is 0.399 e. The van der Waals surface area contributed by atoms with Gasteiger partial charge in [-0.05, 0) is 31.0 Å². The molecule has 0 radical (unpaired) electrons. The molecule has 0 aliphatic heterocycles. The molecule has 1 amide bonds. The van der Waals surface area contributed by atoms with Gasteiger partial charge in [0.15, 0.2) is 0 Å². The van der Waals surface area contributed by atoms with Crippen LogP contribution in [0.25, 0.3) is 0 Å². The molecule has 1 aromatic rings. The van der Waals surface area contributed by atoms with E-state index in [1.165, 1.54) is 12.8 Å². The first-order valence-corrected chi connectivity index (χ1v) is 8.73. The van der Waals surface area contributed by atoms with Crippen LogP contribution in [0.2, 0.25) is 0 Å². The number of nitrogens with two attached hydrogens (primary N) is 1. The van der Waals surface area contributed by atoms with Gasteiger partial charge in [-0.1, -0.05) is 55.5 Å². The number of hydrogen-bond donors (Lipinski definition) is 1. The van der Waals surface area contributed by atoms with E-state index in [9.17, 15) is 4.79 Å². The van der Waals surface area contributed by atoms with Crippen LogP contribution in [-0.4, -0.2) is 23.9 Å². The van der Waals surface area contributed by atoms with E-state index < -0.39 is 0 Å². The summed E-state index contributed by atoms with van der Waals surface area (Å²) < 4.78 is 0.855. The summed E-state index contributed by atoms with van der Waals surface area (Å²) in [6.07, 6.45) is 6.80. The maximum atomic E-state index is 12.7. The predicted octanol–water partition coefficient (Wildman–Crippen LogP) is 4.85. The maximum absolute atomic E-state index is 12.7. The second-order valence-electron chi connectivity index (χ2n) is 5.48. The van der Waals surface area contributed by atoms with Crippen LogP contribution in [0, 0.1) is 0 Å². The number of anilines is 1. The van der Waals surface area contributed by atoms with Crippen LogP contribution < -0.4 is 5.73 Å². The standard InChI is InChI=1S/C17H27BrN2O/c1-3-5-7-9-20(10-8-6-4-2)17(21)14-11-15(18)13-16(19)12-14/h11-13H,3-10,19H2,1-2H3. The highest BCUT2D eigenvalue weighted by Gasteiger charge is 2.16. The Labute approximate surface area is 137 Å². The molecule has 1 rings (SSSR count). The van der Waals surface area contributed by atoms with Gasteiger partial charge in [-0.3, -0.25) is 4.79 Å². The van der Waals surface area contributed by atoms with Crippen LogP contribution in [0.1, 0.15) is 62.7 Å². The van der Waals surface area contributed by atoms with Crippen LogP contribution >= 0.6 is 15.9 Å². The molecule has 0 aromatic heterocycles. The summed E-state index contributed by atoms with van der Waals surface area (Å²) in [6.45, 7) is 6.03. The molecule has 21 heavy (non-hydrogen) atoms. The van der Waals surface area contributed by atoms with E-state index in [1.807, 2.05) is 17.0 Å². The van der Waals surface area contributed by atoms with Crippen LogP contribution in [-0.2, 0) is 0 Å². The average molecular weight is 355 g/mol. The molecule has 0 saturated heterocycles. The first kappa shape index (κ1) is 18.0. The van der Waals surface area contributed by atoms with E-state index in [2.05, 4.69) is 29.8 Å². The minimum atomic E-state index is 0.0928. The van der Waals surface area contributed by atoms with Gasteiger partial charge in [-0.2, -0.15) is 0 Å². The normalized spacial score (nSPS) is 10.6. The van der Waals surface area contributed by atoms with Crippen molar-refractivity contribution in [1.29, 1.82) is 0 Å². The Morgan fingerprint density at radius 1 is 1.05 bits per heavy atom. The predicted molar refractivity (Wildman–Crippen MR) is 93.5 cm³/mol. The molecule has 1 aromatic carbocycles. The first-order chi connectivity index (χ1) is 10.1. The number of benzene rings is 1. The Hall–Kier alpha value is -1.03. The smallest absolute Gasteiger partial charge is 0.253 e. The van der Waals surface area contributed by atoms with E-state index in [-0.39, 0.29) is 5.91 Å². The molecule has 0 spiro atoms. The number of amides is 1. The fourth-order valence-electron chi connectivity index (χ4n) is 2.34. The molecule has 0 aliphatic carbocycles. The highest BCUT2D eigenvalue weighted by molar-refractivity contribution is 9.10. The van der Waals surface area contributed by atoms with Crippen molar-refractivity contribution in [3.63, 3.8) is 0 Å². The highest BCUT2D eigenvalue weighted by atomic mass is 79.9. The van der Waals surface area contributed by atoms with Crippen LogP contribution in [0.15, 0.2) is 22.7 Å². The molecular weight excluding hydrogens is 328 g/mol. The van der Waals surface area contributed by atoms with E-state index in [0.29, 0.717) is 11.3 Å². The third kappa shape index (κ3) is 6.51. The summed E-state index contributed by atoms with van der Waals surface area (Å²) in [5.41, 5.74) is 7.14. The fraction of sp³-hybridized carbons (Fsp3) is 0.588. The summed E-state index contributed by atoms with van der Waals surface area (Å²) in [4.78, 5) is 14.7. The van der Waals surface area contributed by atoms with Gasteiger partial charge in [0.2, 0.25) is 0 Å². The second kappa shape index (κ2) is 9.82. The van der Waals surface area contributed by atoms with Crippen molar-refractivity contribution in [3.05, 3.63) is 28.2 Å². The van der Waals surface area contributed by atoms with Gasteiger partial charge in [0.25, 0.3) is 5.91 Å². The monoisotopic (exact) mass is 354 g/mol. The zero-order valence-electron chi connectivity index (χ0n) is 13.2. The highest BCUT2D eigenvalue weighted by Crippen LogP contribution is 2.19. The van der Waals surface area contributed by atoms with Gasteiger partial charge >= 0.3 is 0 Å². The van der Waals surface area contributed by atoms with Crippen LogP contribution in [0.5, 0.6) is 0 Å². The van der Waals surface area contributed by atoms with Gasteiger partial charge < -0.3 is 10.6 Å². The molecule has 0 unspecified atom stereocenters. The molecular formula is C17H27BrN2O. The number of carbonyl (C=O) groups excluding carboxylic acids is 1. The molecule has 2 N–H and O–H groups in total. The Morgan fingerprint density at radius 2 is 1.62 bits per heavy atom. The molecule has 0 aliphatic rings. The summed E-state index contributed by atoms with van der Waals surface area (Å²) in [5, 5.41) is 0. The van der Waals surface area contributed by atoms with Gasteiger partial charge in [0, 0.05) is 28.8 Å². The Balaban J connectivity index is 2.76. The topological polar surface area (TPSA) is 46.3 Å².